The van der Waals surface area contributed by atoms with Gasteiger partial charge in [0.15, 0.2) is 0 Å². The third-order valence-corrected chi connectivity index (χ3v) is 3.50. The van der Waals surface area contributed by atoms with E-state index >= 15 is 0 Å². The van der Waals surface area contributed by atoms with Gasteiger partial charge in [-0.25, -0.2) is 0 Å². The van der Waals surface area contributed by atoms with Crippen LogP contribution in [-0.2, 0) is 16.0 Å². The minimum Gasteiger partial charge on any atom is -0.370 e. The first kappa shape index (κ1) is 16.7. The fraction of sp³-hybridized carbons (Fsp3) is 0.562. The van der Waals surface area contributed by atoms with Crippen molar-refractivity contribution in [1.29, 1.82) is 0 Å². The van der Waals surface area contributed by atoms with Crippen LogP contribution in [0.25, 0.3) is 0 Å². The van der Waals surface area contributed by atoms with Gasteiger partial charge in [0.05, 0.1) is 6.04 Å². The number of hydrogen-bond donors (Lipinski definition) is 2. The van der Waals surface area contributed by atoms with E-state index in [1.165, 1.54) is 12.7 Å². The van der Waals surface area contributed by atoms with Crippen molar-refractivity contribution in [3.8, 4) is 0 Å². The molecule has 0 heterocycles. The van der Waals surface area contributed by atoms with Crippen LogP contribution in [0.3, 0.4) is 0 Å². The van der Waals surface area contributed by atoms with Gasteiger partial charge in [-0.15, -0.1) is 0 Å². The molecule has 1 rings (SSSR count). The Morgan fingerprint density at radius 1 is 1.30 bits per heavy atom. The zero-order chi connectivity index (χ0) is 15.1. The summed E-state index contributed by atoms with van der Waals surface area (Å²) in [4.78, 5) is 12.1. The number of benzene rings is 1. The van der Waals surface area contributed by atoms with Crippen molar-refractivity contribution in [2.45, 2.75) is 39.3 Å². The molecule has 0 aromatic heterocycles. The molecule has 0 spiro atoms. The number of ether oxygens (including phenoxy) is 1. The van der Waals surface area contributed by atoms with Crippen molar-refractivity contribution in [2.75, 3.05) is 13.7 Å². The number of carbonyl (C=O) groups is 1. The molecular weight excluding hydrogens is 252 g/mol. The molecule has 2 atom stereocenters. The van der Waals surface area contributed by atoms with Crippen LogP contribution in [0.4, 0.5) is 0 Å². The molecule has 2 unspecified atom stereocenters. The van der Waals surface area contributed by atoms with E-state index in [9.17, 15) is 4.79 Å². The molecule has 0 saturated heterocycles. The number of carbonyl (C=O) groups excluding carboxylic acids is 1. The normalized spacial score (nSPS) is 14.1. The lowest BCUT2D eigenvalue weighted by molar-refractivity contribution is -0.131. The Kier molecular flexibility index (Phi) is 6.68. The van der Waals surface area contributed by atoms with Crippen LogP contribution in [0.15, 0.2) is 24.3 Å². The minimum atomic E-state index is -0.592. The summed E-state index contributed by atoms with van der Waals surface area (Å²) < 4.78 is 5.08. The van der Waals surface area contributed by atoms with Crippen molar-refractivity contribution in [3.05, 3.63) is 35.4 Å². The highest BCUT2D eigenvalue weighted by Gasteiger charge is 2.23. The standard InChI is InChI=1S/C16H26N2O2/c1-5-12-6-8-13(9-7-12)15(11(2)3)18-16(19)14(10-17)20-4/h6-9,11,14-15H,5,10,17H2,1-4H3,(H,18,19). The Morgan fingerprint density at radius 3 is 2.30 bits per heavy atom. The van der Waals surface area contributed by atoms with Crippen LogP contribution in [0.1, 0.15) is 37.9 Å². The molecule has 0 bridgehead atoms. The fourth-order valence-electron chi connectivity index (χ4n) is 2.15. The number of amides is 1. The fourth-order valence-corrected chi connectivity index (χ4v) is 2.15. The lowest BCUT2D eigenvalue weighted by Crippen LogP contribution is -2.43. The second-order valence-corrected chi connectivity index (χ2v) is 5.29. The second-order valence-electron chi connectivity index (χ2n) is 5.29. The number of hydrogen-bond acceptors (Lipinski definition) is 3. The van der Waals surface area contributed by atoms with E-state index in [-0.39, 0.29) is 18.5 Å². The number of methoxy groups -OCH3 is 1. The smallest absolute Gasteiger partial charge is 0.250 e. The Labute approximate surface area is 121 Å². The second kappa shape index (κ2) is 8.02. The van der Waals surface area contributed by atoms with E-state index in [1.807, 2.05) is 0 Å². The third kappa shape index (κ3) is 4.32. The Morgan fingerprint density at radius 2 is 1.90 bits per heavy atom. The van der Waals surface area contributed by atoms with Crippen molar-refractivity contribution in [1.82, 2.24) is 5.32 Å². The maximum Gasteiger partial charge on any atom is 0.250 e. The predicted molar refractivity (Wildman–Crippen MR) is 81.4 cm³/mol. The van der Waals surface area contributed by atoms with E-state index < -0.39 is 6.10 Å². The molecule has 0 fully saturated rings. The summed E-state index contributed by atoms with van der Waals surface area (Å²) in [5, 5.41) is 3.03. The molecule has 0 radical (unpaired) electrons. The van der Waals surface area contributed by atoms with Gasteiger partial charge in [-0.1, -0.05) is 45.0 Å². The first-order chi connectivity index (χ1) is 9.53. The highest BCUT2D eigenvalue weighted by atomic mass is 16.5. The van der Waals surface area contributed by atoms with Crippen molar-refractivity contribution < 1.29 is 9.53 Å². The number of nitrogens with one attached hydrogen (secondary N) is 1. The van der Waals surface area contributed by atoms with Crippen molar-refractivity contribution in [2.24, 2.45) is 11.7 Å². The molecule has 112 valence electrons. The highest BCUT2D eigenvalue weighted by molar-refractivity contribution is 5.81. The summed E-state index contributed by atoms with van der Waals surface area (Å²) in [6.07, 6.45) is 0.420. The summed E-state index contributed by atoms with van der Waals surface area (Å²) in [5.41, 5.74) is 7.93. The first-order valence-corrected chi connectivity index (χ1v) is 7.15. The molecule has 1 amide bonds. The maximum absolute atomic E-state index is 12.1. The first-order valence-electron chi connectivity index (χ1n) is 7.15. The summed E-state index contributed by atoms with van der Waals surface area (Å²) in [7, 11) is 1.50. The molecular formula is C16H26N2O2. The van der Waals surface area contributed by atoms with Crippen LogP contribution in [-0.4, -0.2) is 25.7 Å². The van der Waals surface area contributed by atoms with Gasteiger partial charge in [-0.05, 0) is 23.5 Å². The van der Waals surface area contributed by atoms with Gasteiger partial charge in [0.2, 0.25) is 0 Å². The van der Waals surface area contributed by atoms with E-state index in [2.05, 4.69) is 50.4 Å². The Hall–Kier alpha value is -1.39. The third-order valence-electron chi connectivity index (χ3n) is 3.50. The van der Waals surface area contributed by atoms with Crippen LogP contribution in [0, 0.1) is 5.92 Å². The summed E-state index contributed by atoms with van der Waals surface area (Å²) in [5.74, 6) is 0.134. The van der Waals surface area contributed by atoms with Gasteiger partial charge >= 0.3 is 0 Å². The zero-order valence-electron chi connectivity index (χ0n) is 12.8. The van der Waals surface area contributed by atoms with Gasteiger partial charge < -0.3 is 15.8 Å². The van der Waals surface area contributed by atoms with Crippen molar-refractivity contribution >= 4 is 5.91 Å². The molecule has 0 aliphatic heterocycles. The summed E-state index contributed by atoms with van der Waals surface area (Å²) in [6.45, 7) is 6.48. The summed E-state index contributed by atoms with van der Waals surface area (Å²) >= 11 is 0. The van der Waals surface area contributed by atoms with Gasteiger partial charge in [0.1, 0.15) is 6.10 Å². The van der Waals surface area contributed by atoms with Crippen LogP contribution < -0.4 is 11.1 Å². The molecule has 1 aromatic carbocycles. The monoisotopic (exact) mass is 278 g/mol. The van der Waals surface area contributed by atoms with Gasteiger partial charge in [0, 0.05) is 13.7 Å². The number of rotatable bonds is 7. The lowest BCUT2D eigenvalue weighted by Gasteiger charge is -2.25. The van der Waals surface area contributed by atoms with Gasteiger partial charge in [0.25, 0.3) is 5.91 Å². The molecule has 1 aromatic rings. The largest absolute Gasteiger partial charge is 0.370 e. The minimum absolute atomic E-state index is 0.0300. The molecule has 20 heavy (non-hydrogen) atoms. The van der Waals surface area contributed by atoms with Crippen LogP contribution in [0.2, 0.25) is 0 Å². The number of nitrogens with two attached hydrogens (primary N) is 1. The average molecular weight is 278 g/mol. The topological polar surface area (TPSA) is 64.4 Å². The van der Waals surface area contributed by atoms with E-state index in [1.54, 1.807) is 0 Å². The highest BCUT2D eigenvalue weighted by Crippen LogP contribution is 2.22. The zero-order valence-corrected chi connectivity index (χ0v) is 12.8. The van der Waals surface area contributed by atoms with Crippen LogP contribution in [0.5, 0.6) is 0 Å². The molecule has 4 nitrogen and oxygen atoms in total. The Balaban J connectivity index is 2.85. The van der Waals surface area contributed by atoms with Crippen LogP contribution >= 0.6 is 0 Å². The van der Waals surface area contributed by atoms with Crippen molar-refractivity contribution in [3.63, 3.8) is 0 Å². The molecule has 3 N–H and O–H groups in total. The lowest BCUT2D eigenvalue weighted by atomic mass is 9.94. The average Bonchev–Trinajstić information content (AvgIpc) is 2.46. The quantitative estimate of drug-likeness (QED) is 0.802. The molecule has 0 saturated carbocycles. The molecule has 0 aliphatic carbocycles. The van der Waals surface area contributed by atoms with E-state index in [0.29, 0.717) is 5.92 Å². The van der Waals surface area contributed by atoms with E-state index in [0.717, 1.165) is 12.0 Å². The Bertz CT molecular complexity index is 411. The molecule has 0 aliphatic rings. The number of aryl methyl sites for hydroxylation is 1. The van der Waals surface area contributed by atoms with E-state index in [4.69, 9.17) is 10.5 Å². The maximum atomic E-state index is 12.1. The summed E-state index contributed by atoms with van der Waals surface area (Å²) in [6, 6.07) is 8.33. The van der Waals surface area contributed by atoms with Gasteiger partial charge in [-0.3, -0.25) is 4.79 Å². The molecule has 4 heteroatoms. The van der Waals surface area contributed by atoms with Gasteiger partial charge in [-0.2, -0.15) is 0 Å². The SMILES string of the molecule is CCc1ccc(C(NC(=O)C(CN)OC)C(C)C)cc1. The predicted octanol–water partition coefficient (Wildman–Crippen LogP) is 2.04.